The Morgan fingerprint density at radius 1 is 1.00 bits per heavy atom. The topological polar surface area (TPSA) is 47.8 Å². The molecule has 1 fully saturated rings. The Balaban J connectivity index is 0.000000162. The zero-order valence-corrected chi connectivity index (χ0v) is 9.09. The van der Waals surface area contributed by atoms with Crippen molar-refractivity contribution in [3.63, 3.8) is 0 Å². The van der Waals surface area contributed by atoms with E-state index in [1.54, 1.807) is 0 Å². The maximum atomic E-state index is 8.38. The number of piperazine rings is 1. The monoisotopic (exact) mass is 203 g/mol. The van der Waals surface area contributed by atoms with Crippen molar-refractivity contribution in [2.75, 3.05) is 26.2 Å². The number of rotatable bonds is 0. The molecule has 3 nitrogen and oxygen atoms in total. The van der Waals surface area contributed by atoms with E-state index in [9.17, 15) is 0 Å². The molecule has 2 rings (SSSR count). The third kappa shape index (κ3) is 5.16. The molecule has 0 spiro atoms. The fraction of sp³-hybridized carbons (Fsp3) is 0.417. The number of aryl methyl sites for hydroxylation is 1. The standard InChI is InChI=1S/C8H7N.C4H10N2/c1-7-2-4-8(6-9)5-3-7;1-2-6-4-3-5-1/h2-5H,1H3;5-6H,1-4H2. The van der Waals surface area contributed by atoms with Gasteiger partial charge in [0.15, 0.2) is 0 Å². The quantitative estimate of drug-likeness (QED) is 0.662. The van der Waals surface area contributed by atoms with E-state index in [0.717, 1.165) is 31.7 Å². The molecule has 1 aromatic carbocycles. The SMILES string of the molecule is C1CNCCN1.Cc1ccc(C#N)cc1. The van der Waals surface area contributed by atoms with Gasteiger partial charge in [-0.05, 0) is 19.1 Å². The van der Waals surface area contributed by atoms with Gasteiger partial charge in [0.05, 0.1) is 11.6 Å². The first-order chi connectivity index (χ1) is 7.33. The molecule has 1 aliphatic rings. The molecule has 0 radical (unpaired) electrons. The van der Waals surface area contributed by atoms with Crippen LogP contribution in [0.15, 0.2) is 24.3 Å². The van der Waals surface area contributed by atoms with Crippen LogP contribution in [0.1, 0.15) is 11.1 Å². The van der Waals surface area contributed by atoms with Crippen LogP contribution in [0.3, 0.4) is 0 Å². The van der Waals surface area contributed by atoms with Gasteiger partial charge in [-0.25, -0.2) is 0 Å². The molecule has 0 atom stereocenters. The Bertz CT molecular complexity index is 295. The summed E-state index contributed by atoms with van der Waals surface area (Å²) >= 11 is 0. The zero-order valence-electron chi connectivity index (χ0n) is 9.09. The van der Waals surface area contributed by atoms with E-state index in [-0.39, 0.29) is 0 Å². The van der Waals surface area contributed by atoms with Crippen molar-refractivity contribution in [1.29, 1.82) is 5.26 Å². The first-order valence-electron chi connectivity index (χ1n) is 5.21. The van der Waals surface area contributed by atoms with Crippen molar-refractivity contribution in [2.45, 2.75) is 6.92 Å². The van der Waals surface area contributed by atoms with E-state index in [1.165, 1.54) is 5.56 Å². The highest BCUT2D eigenvalue weighted by molar-refractivity contribution is 5.30. The van der Waals surface area contributed by atoms with Crippen LogP contribution in [0.2, 0.25) is 0 Å². The van der Waals surface area contributed by atoms with Gasteiger partial charge in [0.25, 0.3) is 0 Å². The molecule has 0 bridgehead atoms. The summed E-state index contributed by atoms with van der Waals surface area (Å²) in [5.41, 5.74) is 1.91. The Labute approximate surface area is 91.1 Å². The number of hydrogen-bond donors (Lipinski definition) is 2. The van der Waals surface area contributed by atoms with Crippen LogP contribution in [-0.4, -0.2) is 26.2 Å². The summed E-state index contributed by atoms with van der Waals surface area (Å²) in [7, 11) is 0. The fourth-order valence-corrected chi connectivity index (χ4v) is 1.23. The lowest BCUT2D eigenvalue weighted by Crippen LogP contribution is -2.39. The Hall–Kier alpha value is -1.37. The van der Waals surface area contributed by atoms with Crippen molar-refractivity contribution in [2.24, 2.45) is 0 Å². The summed E-state index contributed by atoms with van der Waals surface area (Å²) in [6.45, 7) is 6.56. The molecule has 0 saturated carbocycles. The third-order valence-electron chi connectivity index (χ3n) is 2.14. The van der Waals surface area contributed by atoms with Gasteiger partial charge in [-0.1, -0.05) is 17.7 Å². The van der Waals surface area contributed by atoms with Gasteiger partial charge in [0, 0.05) is 26.2 Å². The lowest BCUT2D eigenvalue weighted by molar-refractivity contribution is 0.534. The predicted octanol–water partition coefficient (Wildman–Crippen LogP) is 1.05. The van der Waals surface area contributed by atoms with E-state index in [1.807, 2.05) is 31.2 Å². The molecule has 3 heteroatoms. The van der Waals surface area contributed by atoms with Crippen molar-refractivity contribution in [3.05, 3.63) is 35.4 Å². The average molecular weight is 203 g/mol. The molecular formula is C12H17N3. The van der Waals surface area contributed by atoms with Crippen LogP contribution < -0.4 is 10.6 Å². The average Bonchev–Trinajstić information content (AvgIpc) is 2.33. The van der Waals surface area contributed by atoms with Gasteiger partial charge >= 0.3 is 0 Å². The van der Waals surface area contributed by atoms with E-state index < -0.39 is 0 Å². The van der Waals surface area contributed by atoms with Gasteiger partial charge in [-0.15, -0.1) is 0 Å². The second-order valence-electron chi connectivity index (χ2n) is 3.48. The van der Waals surface area contributed by atoms with Crippen LogP contribution >= 0.6 is 0 Å². The normalized spacial score (nSPS) is 14.7. The smallest absolute Gasteiger partial charge is 0.0991 e. The zero-order chi connectivity index (χ0) is 10.9. The van der Waals surface area contributed by atoms with Gasteiger partial charge in [-0.3, -0.25) is 0 Å². The van der Waals surface area contributed by atoms with Gasteiger partial charge in [-0.2, -0.15) is 5.26 Å². The molecule has 1 aliphatic heterocycles. The highest BCUT2D eigenvalue weighted by Crippen LogP contribution is 1.99. The van der Waals surface area contributed by atoms with Crippen LogP contribution in [0.4, 0.5) is 0 Å². The lowest BCUT2D eigenvalue weighted by Gasteiger charge is -2.11. The Kier molecular flexibility index (Phi) is 5.46. The summed E-state index contributed by atoms with van der Waals surface area (Å²) < 4.78 is 0. The summed E-state index contributed by atoms with van der Waals surface area (Å²) in [5.74, 6) is 0. The number of hydrogen-bond acceptors (Lipinski definition) is 3. The molecule has 2 N–H and O–H groups in total. The largest absolute Gasteiger partial charge is 0.314 e. The second kappa shape index (κ2) is 6.99. The first-order valence-corrected chi connectivity index (χ1v) is 5.21. The molecule has 0 aliphatic carbocycles. The minimum absolute atomic E-state index is 0.723. The first kappa shape index (κ1) is 11.7. The molecule has 0 unspecified atom stereocenters. The Morgan fingerprint density at radius 2 is 1.47 bits per heavy atom. The van der Waals surface area contributed by atoms with Gasteiger partial charge in [0.2, 0.25) is 0 Å². The van der Waals surface area contributed by atoms with E-state index in [0.29, 0.717) is 0 Å². The van der Waals surface area contributed by atoms with Crippen LogP contribution in [0.25, 0.3) is 0 Å². The van der Waals surface area contributed by atoms with Crippen LogP contribution in [-0.2, 0) is 0 Å². The lowest BCUT2D eigenvalue weighted by atomic mass is 10.2. The van der Waals surface area contributed by atoms with Crippen LogP contribution in [0.5, 0.6) is 0 Å². The number of nitriles is 1. The molecule has 1 aromatic rings. The van der Waals surface area contributed by atoms with E-state index >= 15 is 0 Å². The maximum Gasteiger partial charge on any atom is 0.0991 e. The van der Waals surface area contributed by atoms with E-state index in [4.69, 9.17) is 5.26 Å². The third-order valence-corrected chi connectivity index (χ3v) is 2.14. The summed E-state index contributed by atoms with van der Waals surface area (Å²) in [5, 5.41) is 14.8. The van der Waals surface area contributed by atoms with Crippen LogP contribution in [0, 0.1) is 18.3 Å². The number of benzene rings is 1. The Morgan fingerprint density at radius 3 is 1.80 bits per heavy atom. The molecule has 1 saturated heterocycles. The maximum absolute atomic E-state index is 8.38. The number of nitrogens with one attached hydrogen (secondary N) is 2. The highest BCUT2D eigenvalue weighted by atomic mass is 15.0. The fourth-order valence-electron chi connectivity index (χ4n) is 1.23. The van der Waals surface area contributed by atoms with Gasteiger partial charge < -0.3 is 10.6 Å². The van der Waals surface area contributed by atoms with Crippen molar-refractivity contribution in [1.82, 2.24) is 10.6 Å². The minimum Gasteiger partial charge on any atom is -0.314 e. The highest BCUT2D eigenvalue weighted by Gasteiger charge is 1.91. The molecule has 80 valence electrons. The van der Waals surface area contributed by atoms with Crippen molar-refractivity contribution in [3.8, 4) is 6.07 Å². The van der Waals surface area contributed by atoms with Gasteiger partial charge in [0.1, 0.15) is 0 Å². The predicted molar refractivity (Wildman–Crippen MR) is 61.6 cm³/mol. The molecular weight excluding hydrogens is 186 g/mol. The second-order valence-corrected chi connectivity index (χ2v) is 3.48. The summed E-state index contributed by atoms with van der Waals surface area (Å²) in [6.07, 6.45) is 0. The van der Waals surface area contributed by atoms with Crippen molar-refractivity contribution >= 4 is 0 Å². The van der Waals surface area contributed by atoms with E-state index in [2.05, 4.69) is 16.7 Å². The molecule has 1 heterocycles. The van der Waals surface area contributed by atoms with Crippen molar-refractivity contribution < 1.29 is 0 Å². The minimum atomic E-state index is 0.723. The molecule has 0 aromatic heterocycles. The summed E-state index contributed by atoms with van der Waals surface area (Å²) in [4.78, 5) is 0. The molecule has 15 heavy (non-hydrogen) atoms. The summed E-state index contributed by atoms with van der Waals surface area (Å²) in [6, 6.07) is 9.54. The molecule has 0 amide bonds. The number of nitrogens with zero attached hydrogens (tertiary/aromatic N) is 1.